The molecule has 4 heteroatoms. The second-order valence-corrected chi connectivity index (χ2v) is 7.29. The van der Waals surface area contributed by atoms with E-state index in [0.29, 0.717) is 0 Å². The molecule has 0 unspecified atom stereocenters. The largest absolute Gasteiger partial charge is 0.406 e. The summed E-state index contributed by atoms with van der Waals surface area (Å²) in [6.07, 6.45) is 0. The molecule has 0 aromatic heterocycles. The highest BCUT2D eigenvalue weighted by Gasteiger charge is 2.15. The van der Waals surface area contributed by atoms with Crippen LogP contribution >= 0.6 is 0 Å². The van der Waals surface area contributed by atoms with Gasteiger partial charge in [-0.2, -0.15) is 0 Å². The maximum Gasteiger partial charge on any atom is 0.379 e. The quantitative estimate of drug-likeness (QED) is 0.554. The Balaban J connectivity index is 3.39. The molecule has 9 heavy (non-hydrogen) atoms. The average molecular weight is 147 g/mol. The van der Waals surface area contributed by atoms with Crippen LogP contribution in [-0.4, -0.2) is 20.9 Å². The van der Waals surface area contributed by atoms with Crippen molar-refractivity contribution in [1.29, 1.82) is 0 Å². The Labute approximate surface area is 55.8 Å². The van der Waals surface area contributed by atoms with Crippen molar-refractivity contribution < 1.29 is 14.3 Å². The molecule has 0 aromatic rings. The van der Waals surface area contributed by atoms with Crippen LogP contribution < -0.4 is 0 Å². The van der Waals surface area contributed by atoms with E-state index in [1.165, 1.54) is 0 Å². The summed E-state index contributed by atoms with van der Waals surface area (Å²) in [4.78, 5) is 9.83. The molecule has 0 spiro atoms. The van der Waals surface area contributed by atoms with Crippen molar-refractivity contribution in [1.82, 2.24) is 0 Å². The number of hydrogen-bond donors (Lipinski definition) is 0. The van der Waals surface area contributed by atoms with E-state index in [2.05, 4.69) is 0 Å². The van der Waals surface area contributed by atoms with Crippen LogP contribution in [0.15, 0.2) is 0 Å². The second kappa shape index (κ2) is 2.98. The predicted octanol–water partition coefficient (Wildman–Crippen LogP) is 0.795. The summed E-state index contributed by atoms with van der Waals surface area (Å²) in [5, 5.41) is 9.83. The first-order valence-corrected chi connectivity index (χ1v) is 6.16. The Morgan fingerprint density at radius 2 is 1.89 bits per heavy atom. The lowest BCUT2D eigenvalue weighted by Crippen LogP contribution is -2.28. The van der Waals surface area contributed by atoms with E-state index < -0.39 is 14.3 Å². The van der Waals surface area contributed by atoms with Crippen LogP contribution in [-0.2, 0) is 14.3 Å². The highest BCUT2D eigenvalue weighted by Crippen LogP contribution is 2.00. The summed E-state index contributed by atoms with van der Waals surface area (Å²) in [5.74, 6) is -1.14. The molecule has 0 N–H and O–H groups in total. The predicted molar refractivity (Wildman–Crippen MR) is 35.0 cm³/mol. The van der Waals surface area contributed by atoms with Gasteiger partial charge < -0.3 is 4.43 Å². The van der Waals surface area contributed by atoms with Gasteiger partial charge in [-0.25, -0.2) is 9.90 Å². The van der Waals surface area contributed by atoms with Gasteiger partial charge in [-0.3, -0.25) is 0 Å². The standard InChI is InChI=1S/C5H11O3Si/c1-9(2,3)8-4-5(6)7/h4H2,1-3H3. The van der Waals surface area contributed by atoms with Crippen LogP contribution in [0.3, 0.4) is 0 Å². The van der Waals surface area contributed by atoms with E-state index in [9.17, 15) is 9.90 Å². The summed E-state index contributed by atoms with van der Waals surface area (Å²) in [7, 11) is -1.64. The first kappa shape index (κ1) is 8.65. The molecular weight excluding hydrogens is 136 g/mol. The van der Waals surface area contributed by atoms with Crippen LogP contribution in [0.5, 0.6) is 0 Å². The van der Waals surface area contributed by atoms with Crippen LogP contribution in [0.1, 0.15) is 0 Å². The van der Waals surface area contributed by atoms with Crippen molar-refractivity contribution in [3.05, 3.63) is 0 Å². The van der Waals surface area contributed by atoms with Crippen LogP contribution in [0, 0.1) is 0 Å². The van der Waals surface area contributed by atoms with Gasteiger partial charge in [0.15, 0.2) is 8.32 Å². The van der Waals surface area contributed by atoms with Crippen molar-refractivity contribution in [2.24, 2.45) is 0 Å². The van der Waals surface area contributed by atoms with Gasteiger partial charge in [-0.05, 0) is 19.6 Å². The van der Waals surface area contributed by atoms with E-state index >= 15 is 0 Å². The van der Waals surface area contributed by atoms with E-state index in [0.717, 1.165) is 0 Å². The molecule has 0 amide bonds. The Kier molecular flexibility index (Phi) is 2.86. The third-order valence-corrected chi connectivity index (χ3v) is 1.63. The molecule has 0 aliphatic rings. The molecule has 0 aliphatic carbocycles. The van der Waals surface area contributed by atoms with Gasteiger partial charge in [0.25, 0.3) is 0 Å². The van der Waals surface area contributed by atoms with Gasteiger partial charge in [0.2, 0.25) is 0 Å². The minimum Gasteiger partial charge on any atom is -0.406 e. The molecule has 53 valence electrons. The van der Waals surface area contributed by atoms with Crippen molar-refractivity contribution in [2.75, 3.05) is 6.61 Å². The minimum absolute atomic E-state index is 0.268. The average Bonchev–Trinajstić information content (AvgIpc) is 1.59. The molecule has 1 radical (unpaired) electrons. The van der Waals surface area contributed by atoms with E-state index in [1.54, 1.807) is 0 Å². The maximum absolute atomic E-state index is 9.83. The van der Waals surface area contributed by atoms with Crippen LogP contribution in [0.25, 0.3) is 0 Å². The zero-order valence-electron chi connectivity index (χ0n) is 5.93. The number of carbonyl (C=O) groups is 1. The van der Waals surface area contributed by atoms with E-state index in [4.69, 9.17) is 4.43 Å². The molecule has 0 saturated heterocycles. The minimum atomic E-state index is -1.64. The van der Waals surface area contributed by atoms with Gasteiger partial charge in [0, 0.05) is 0 Å². The molecule has 0 aromatic carbocycles. The van der Waals surface area contributed by atoms with Gasteiger partial charge in [-0.1, -0.05) is 0 Å². The Morgan fingerprint density at radius 3 is 2.00 bits per heavy atom. The van der Waals surface area contributed by atoms with E-state index in [1.807, 2.05) is 19.6 Å². The van der Waals surface area contributed by atoms with Crippen LogP contribution in [0.4, 0.5) is 0 Å². The topological polar surface area (TPSA) is 46.2 Å². The number of carbonyl (C=O) groups excluding carboxylic acids is 1. The fraction of sp³-hybridized carbons (Fsp3) is 0.800. The van der Waals surface area contributed by atoms with Gasteiger partial charge in [0.05, 0.1) is 0 Å². The third-order valence-electron chi connectivity index (χ3n) is 0.623. The molecule has 0 saturated carbocycles. The molecular formula is C5H11O3Si. The van der Waals surface area contributed by atoms with Crippen molar-refractivity contribution in [2.45, 2.75) is 19.6 Å². The lowest BCUT2D eigenvalue weighted by molar-refractivity contribution is -0.145. The fourth-order valence-corrected chi connectivity index (χ4v) is 0.826. The van der Waals surface area contributed by atoms with Gasteiger partial charge >= 0.3 is 5.97 Å². The first-order valence-electron chi connectivity index (χ1n) is 2.75. The molecule has 0 bridgehead atoms. The summed E-state index contributed by atoms with van der Waals surface area (Å²) in [6, 6.07) is 0. The summed E-state index contributed by atoms with van der Waals surface area (Å²) in [5.41, 5.74) is 0. The van der Waals surface area contributed by atoms with Crippen molar-refractivity contribution in [3.63, 3.8) is 0 Å². The number of rotatable bonds is 3. The zero-order chi connectivity index (χ0) is 7.49. The molecule has 0 aliphatic heterocycles. The summed E-state index contributed by atoms with van der Waals surface area (Å²) < 4.78 is 4.97. The Hall–Kier alpha value is -0.353. The normalized spacial score (nSPS) is 11.4. The van der Waals surface area contributed by atoms with Crippen molar-refractivity contribution in [3.8, 4) is 0 Å². The lowest BCUT2D eigenvalue weighted by atomic mass is 10.8. The lowest BCUT2D eigenvalue weighted by Gasteiger charge is -2.13. The maximum atomic E-state index is 9.83. The molecule has 0 heterocycles. The fourth-order valence-electron chi connectivity index (χ4n) is 0.275. The summed E-state index contributed by atoms with van der Waals surface area (Å²) >= 11 is 0. The highest BCUT2D eigenvalue weighted by atomic mass is 28.4. The second-order valence-electron chi connectivity index (χ2n) is 2.77. The third kappa shape index (κ3) is 7.65. The smallest absolute Gasteiger partial charge is 0.379 e. The molecule has 0 atom stereocenters. The molecule has 3 nitrogen and oxygen atoms in total. The van der Waals surface area contributed by atoms with Gasteiger partial charge in [-0.15, -0.1) is 0 Å². The first-order chi connectivity index (χ1) is 3.92. The van der Waals surface area contributed by atoms with Crippen molar-refractivity contribution >= 4 is 14.3 Å². The van der Waals surface area contributed by atoms with Gasteiger partial charge in [0.1, 0.15) is 6.61 Å². The zero-order valence-corrected chi connectivity index (χ0v) is 6.93. The Bertz CT molecular complexity index is 105. The number of hydrogen-bond acceptors (Lipinski definition) is 2. The highest BCUT2D eigenvalue weighted by molar-refractivity contribution is 6.69. The van der Waals surface area contributed by atoms with Crippen LogP contribution in [0.2, 0.25) is 19.6 Å². The Morgan fingerprint density at radius 1 is 1.44 bits per heavy atom. The van der Waals surface area contributed by atoms with E-state index in [-0.39, 0.29) is 6.61 Å². The molecule has 0 fully saturated rings. The SMILES string of the molecule is C[Si](C)(C)OCC([O])=O. The summed E-state index contributed by atoms with van der Waals surface area (Å²) in [6.45, 7) is 5.51. The monoisotopic (exact) mass is 147 g/mol. The molecule has 0 rings (SSSR count).